The number of benzene rings is 1. The van der Waals surface area contributed by atoms with E-state index < -0.39 is 24.6 Å². The topological polar surface area (TPSA) is 64.3 Å². The molecule has 3 N–H and O–H groups in total. The van der Waals surface area contributed by atoms with Gasteiger partial charge in [0.1, 0.15) is 0 Å². The lowest BCUT2D eigenvalue weighted by molar-refractivity contribution is -0.136. The van der Waals surface area contributed by atoms with E-state index in [1.165, 1.54) is 20.1 Å². The third-order valence-electron chi connectivity index (χ3n) is 2.74. The molecular weight excluding hydrogens is 273 g/mol. The van der Waals surface area contributed by atoms with Gasteiger partial charge in [-0.1, -0.05) is 0 Å². The SMILES string of the molecule is COC(=O)c1cc(NC(C)CC(F)(F)F)cc(C)c1N. The van der Waals surface area contributed by atoms with Gasteiger partial charge in [-0.05, 0) is 31.5 Å². The first-order valence-corrected chi connectivity index (χ1v) is 5.95. The Hall–Kier alpha value is -1.92. The van der Waals surface area contributed by atoms with E-state index in [0.29, 0.717) is 11.3 Å². The van der Waals surface area contributed by atoms with Crippen LogP contribution in [-0.4, -0.2) is 25.3 Å². The molecular formula is C13H17F3N2O2. The Morgan fingerprint density at radius 2 is 2.05 bits per heavy atom. The summed E-state index contributed by atoms with van der Waals surface area (Å²) in [6.45, 7) is 3.08. The minimum atomic E-state index is -4.25. The summed E-state index contributed by atoms with van der Waals surface area (Å²) in [6.07, 6.45) is -5.22. The van der Waals surface area contributed by atoms with Crippen LogP contribution in [0.15, 0.2) is 12.1 Å². The summed E-state index contributed by atoms with van der Waals surface area (Å²) in [5, 5.41) is 2.70. The second-order valence-corrected chi connectivity index (χ2v) is 4.61. The number of hydrogen-bond acceptors (Lipinski definition) is 4. The molecule has 0 aliphatic heterocycles. The van der Waals surface area contributed by atoms with E-state index in [2.05, 4.69) is 10.1 Å². The van der Waals surface area contributed by atoms with Crippen LogP contribution in [0.25, 0.3) is 0 Å². The molecule has 0 saturated heterocycles. The lowest BCUT2D eigenvalue weighted by Crippen LogP contribution is -2.24. The van der Waals surface area contributed by atoms with Gasteiger partial charge in [0, 0.05) is 17.4 Å². The zero-order chi connectivity index (χ0) is 15.5. The fourth-order valence-corrected chi connectivity index (χ4v) is 1.84. The molecule has 0 heterocycles. The number of hydrogen-bond donors (Lipinski definition) is 2. The Morgan fingerprint density at radius 1 is 1.45 bits per heavy atom. The smallest absolute Gasteiger partial charge is 0.391 e. The molecule has 1 aromatic carbocycles. The maximum atomic E-state index is 12.3. The maximum absolute atomic E-state index is 12.3. The Balaban J connectivity index is 2.97. The van der Waals surface area contributed by atoms with E-state index in [4.69, 9.17) is 5.73 Å². The second kappa shape index (κ2) is 6.02. The number of anilines is 2. The number of nitrogen functional groups attached to an aromatic ring is 1. The molecule has 0 aromatic heterocycles. The Labute approximate surface area is 115 Å². The number of carbonyl (C=O) groups excluding carboxylic acids is 1. The lowest BCUT2D eigenvalue weighted by Gasteiger charge is -2.18. The van der Waals surface area contributed by atoms with Gasteiger partial charge in [0.25, 0.3) is 0 Å². The van der Waals surface area contributed by atoms with E-state index >= 15 is 0 Å². The molecule has 1 aromatic rings. The first kappa shape index (κ1) is 16.1. The molecule has 0 bridgehead atoms. The van der Waals surface area contributed by atoms with Gasteiger partial charge in [-0.2, -0.15) is 13.2 Å². The predicted molar refractivity (Wildman–Crippen MR) is 70.7 cm³/mol. The number of nitrogens with two attached hydrogens (primary N) is 1. The molecule has 0 spiro atoms. The number of alkyl halides is 3. The van der Waals surface area contributed by atoms with Crippen molar-refractivity contribution in [1.82, 2.24) is 0 Å². The fourth-order valence-electron chi connectivity index (χ4n) is 1.84. The molecule has 0 radical (unpaired) electrons. The number of ether oxygens (including phenoxy) is 1. The summed E-state index contributed by atoms with van der Waals surface area (Å²) >= 11 is 0. The van der Waals surface area contributed by atoms with Crippen LogP contribution in [0.5, 0.6) is 0 Å². The van der Waals surface area contributed by atoms with Gasteiger partial charge in [0.15, 0.2) is 0 Å². The molecule has 0 aliphatic rings. The van der Waals surface area contributed by atoms with Crippen molar-refractivity contribution in [1.29, 1.82) is 0 Å². The number of rotatable bonds is 4. The van der Waals surface area contributed by atoms with Crippen LogP contribution < -0.4 is 11.1 Å². The molecule has 4 nitrogen and oxygen atoms in total. The summed E-state index contributed by atoms with van der Waals surface area (Å²) in [5.41, 5.74) is 7.13. The van der Waals surface area contributed by atoms with Crippen molar-refractivity contribution in [3.63, 3.8) is 0 Å². The van der Waals surface area contributed by atoms with Gasteiger partial charge < -0.3 is 15.8 Å². The van der Waals surface area contributed by atoms with Crippen LogP contribution in [0.2, 0.25) is 0 Å². The number of esters is 1. The molecule has 1 unspecified atom stereocenters. The minimum Gasteiger partial charge on any atom is -0.465 e. The normalized spacial score (nSPS) is 12.9. The lowest BCUT2D eigenvalue weighted by atomic mass is 10.1. The van der Waals surface area contributed by atoms with Crippen molar-refractivity contribution < 1.29 is 22.7 Å². The second-order valence-electron chi connectivity index (χ2n) is 4.61. The largest absolute Gasteiger partial charge is 0.465 e. The Morgan fingerprint density at radius 3 is 2.55 bits per heavy atom. The summed E-state index contributed by atoms with van der Waals surface area (Å²) in [4.78, 5) is 11.5. The van der Waals surface area contributed by atoms with E-state index in [0.717, 1.165) is 0 Å². The van der Waals surface area contributed by atoms with Crippen molar-refractivity contribution in [2.75, 3.05) is 18.2 Å². The summed E-state index contributed by atoms with van der Waals surface area (Å²) in [7, 11) is 1.21. The van der Waals surface area contributed by atoms with Crippen molar-refractivity contribution >= 4 is 17.3 Å². The summed E-state index contributed by atoms with van der Waals surface area (Å²) < 4.78 is 41.4. The highest BCUT2D eigenvalue weighted by atomic mass is 19.4. The standard InChI is InChI=1S/C13H17F3N2O2/c1-7-4-9(18-8(2)6-13(14,15)16)5-10(11(7)17)12(19)20-3/h4-5,8,18H,6,17H2,1-3H3. The fraction of sp³-hybridized carbons (Fsp3) is 0.462. The predicted octanol–water partition coefficient (Wildman–Crippen LogP) is 3.12. The number of nitrogens with one attached hydrogen (secondary N) is 1. The van der Waals surface area contributed by atoms with E-state index in [9.17, 15) is 18.0 Å². The van der Waals surface area contributed by atoms with Crippen LogP contribution in [0.3, 0.4) is 0 Å². The van der Waals surface area contributed by atoms with Gasteiger partial charge in [0.05, 0.1) is 19.1 Å². The first-order valence-electron chi connectivity index (χ1n) is 5.95. The average molecular weight is 290 g/mol. The number of methoxy groups -OCH3 is 1. The maximum Gasteiger partial charge on any atom is 0.391 e. The molecule has 1 rings (SSSR count). The molecule has 0 fully saturated rings. The molecule has 7 heteroatoms. The van der Waals surface area contributed by atoms with Crippen molar-refractivity contribution in [3.05, 3.63) is 23.3 Å². The van der Waals surface area contributed by atoms with E-state index in [1.54, 1.807) is 13.0 Å². The molecule has 0 aliphatic carbocycles. The zero-order valence-electron chi connectivity index (χ0n) is 11.5. The van der Waals surface area contributed by atoms with Crippen LogP contribution >= 0.6 is 0 Å². The molecule has 20 heavy (non-hydrogen) atoms. The van der Waals surface area contributed by atoms with E-state index in [-0.39, 0.29) is 11.3 Å². The van der Waals surface area contributed by atoms with Gasteiger partial charge >= 0.3 is 12.1 Å². The minimum absolute atomic E-state index is 0.134. The third-order valence-corrected chi connectivity index (χ3v) is 2.74. The molecule has 0 amide bonds. The van der Waals surface area contributed by atoms with E-state index in [1.807, 2.05) is 0 Å². The van der Waals surface area contributed by atoms with Gasteiger partial charge in [-0.3, -0.25) is 0 Å². The van der Waals surface area contributed by atoms with Gasteiger partial charge in [0.2, 0.25) is 0 Å². The molecule has 0 saturated carbocycles. The average Bonchev–Trinajstić information content (AvgIpc) is 2.30. The highest BCUT2D eigenvalue weighted by molar-refractivity contribution is 5.97. The Kier molecular flexibility index (Phi) is 4.86. The number of carbonyl (C=O) groups is 1. The van der Waals surface area contributed by atoms with Crippen LogP contribution in [0, 0.1) is 6.92 Å². The van der Waals surface area contributed by atoms with Crippen LogP contribution in [0.1, 0.15) is 29.3 Å². The van der Waals surface area contributed by atoms with Crippen molar-refractivity contribution in [2.45, 2.75) is 32.5 Å². The van der Waals surface area contributed by atoms with Gasteiger partial charge in [-0.25, -0.2) is 4.79 Å². The van der Waals surface area contributed by atoms with Crippen LogP contribution in [0.4, 0.5) is 24.5 Å². The summed E-state index contributed by atoms with van der Waals surface area (Å²) in [5.74, 6) is -0.627. The molecule has 112 valence electrons. The summed E-state index contributed by atoms with van der Waals surface area (Å²) in [6, 6.07) is 2.17. The quantitative estimate of drug-likeness (QED) is 0.660. The number of aryl methyl sites for hydroxylation is 1. The monoisotopic (exact) mass is 290 g/mol. The van der Waals surface area contributed by atoms with Crippen molar-refractivity contribution in [3.8, 4) is 0 Å². The van der Waals surface area contributed by atoms with Crippen LogP contribution in [-0.2, 0) is 4.74 Å². The Bertz CT molecular complexity index is 501. The third kappa shape index (κ3) is 4.32. The highest BCUT2D eigenvalue weighted by Gasteiger charge is 2.30. The highest BCUT2D eigenvalue weighted by Crippen LogP contribution is 2.26. The molecule has 1 atom stereocenters. The van der Waals surface area contributed by atoms with Crippen molar-refractivity contribution in [2.24, 2.45) is 0 Å². The number of halogens is 3. The van der Waals surface area contributed by atoms with Gasteiger partial charge in [-0.15, -0.1) is 0 Å². The zero-order valence-corrected chi connectivity index (χ0v) is 11.5. The first-order chi connectivity index (χ1) is 9.14.